The molecule has 0 radical (unpaired) electrons. The summed E-state index contributed by atoms with van der Waals surface area (Å²) in [5.41, 5.74) is 4.58. The van der Waals surface area contributed by atoms with Crippen molar-refractivity contribution in [3.05, 3.63) is 41.2 Å². The molecule has 3 N–H and O–H groups in total. The molecule has 3 rings (SSSR count). The fraction of sp³-hybridized carbons (Fsp3) is 0.286. The second-order valence-corrected chi connectivity index (χ2v) is 4.77. The molecular weight excluding hydrogens is 240 g/mol. The number of amides is 1. The summed E-state index contributed by atoms with van der Waals surface area (Å²) in [5, 5.41) is 12.9. The number of benzene rings is 1. The lowest BCUT2D eigenvalue weighted by atomic mass is 10.0. The van der Waals surface area contributed by atoms with Crippen LogP contribution in [-0.4, -0.2) is 22.6 Å². The predicted octanol–water partition coefficient (Wildman–Crippen LogP) is 2.33. The Bertz CT molecular complexity index is 618. The van der Waals surface area contributed by atoms with E-state index in [-0.39, 0.29) is 5.91 Å². The Morgan fingerprint density at radius 2 is 2.32 bits per heavy atom. The minimum Gasteiger partial charge on any atom is -0.385 e. The minimum absolute atomic E-state index is 0.137. The van der Waals surface area contributed by atoms with Crippen LogP contribution in [0.2, 0.25) is 0 Å². The molecule has 98 valence electrons. The summed E-state index contributed by atoms with van der Waals surface area (Å²) in [5.74, 6) is -0.137. The third kappa shape index (κ3) is 2.31. The summed E-state index contributed by atoms with van der Waals surface area (Å²) in [7, 11) is 0. The fourth-order valence-corrected chi connectivity index (χ4v) is 2.32. The number of H-pyrrole nitrogens is 1. The number of carbonyl (C=O) groups excluding carboxylic acids is 1. The van der Waals surface area contributed by atoms with Gasteiger partial charge in [0.1, 0.15) is 0 Å². The van der Waals surface area contributed by atoms with Gasteiger partial charge < -0.3 is 10.6 Å². The molecule has 0 atom stereocenters. The smallest absolute Gasteiger partial charge is 0.259 e. The first-order chi connectivity index (χ1) is 9.24. The van der Waals surface area contributed by atoms with Crippen molar-refractivity contribution in [2.45, 2.75) is 19.8 Å². The van der Waals surface area contributed by atoms with E-state index in [0.717, 1.165) is 36.5 Å². The van der Waals surface area contributed by atoms with E-state index < -0.39 is 0 Å². The molecule has 0 aliphatic carbocycles. The molecule has 0 fully saturated rings. The van der Waals surface area contributed by atoms with Gasteiger partial charge in [-0.1, -0.05) is 6.07 Å². The van der Waals surface area contributed by atoms with Gasteiger partial charge in [0.25, 0.3) is 5.91 Å². The van der Waals surface area contributed by atoms with Crippen molar-refractivity contribution < 1.29 is 4.79 Å². The number of aryl methyl sites for hydroxylation is 2. The van der Waals surface area contributed by atoms with Crippen LogP contribution in [-0.2, 0) is 6.42 Å². The van der Waals surface area contributed by atoms with Crippen LogP contribution >= 0.6 is 0 Å². The number of rotatable bonds is 2. The van der Waals surface area contributed by atoms with Crippen LogP contribution in [0, 0.1) is 6.92 Å². The Morgan fingerprint density at radius 1 is 1.42 bits per heavy atom. The van der Waals surface area contributed by atoms with Crippen molar-refractivity contribution >= 4 is 17.3 Å². The highest BCUT2D eigenvalue weighted by Gasteiger charge is 2.13. The maximum absolute atomic E-state index is 12.1. The zero-order chi connectivity index (χ0) is 13.2. The van der Waals surface area contributed by atoms with Crippen molar-refractivity contribution in [2.24, 2.45) is 0 Å². The van der Waals surface area contributed by atoms with Crippen molar-refractivity contribution in [1.29, 1.82) is 0 Å². The molecular formula is C14H16N4O. The quantitative estimate of drug-likeness (QED) is 0.772. The number of aromatic amines is 1. The topological polar surface area (TPSA) is 69.8 Å². The van der Waals surface area contributed by atoms with Gasteiger partial charge in [-0.3, -0.25) is 9.89 Å². The standard InChI is InChI=1S/C14H16N4O/c1-9-12(8-16-18-9)14(19)17-11-5-4-10-3-2-6-15-13(10)7-11/h4-5,7-8,15H,2-3,6H2,1H3,(H,16,18)(H,17,19). The van der Waals surface area contributed by atoms with Crippen molar-refractivity contribution in [3.8, 4) is 0 Å². The molecule has 1 aliphatic rings. The van der Waals surface area contributed by atoms with Gasteiger partial charge >= 0.3 is 0 Å². The Kier molecular flexibility index (Phi) is 2.95. The predicted molar refractivity (Wildman–Crippen MR) is 74.5 cm³/mol. The average molecular weight is 256 g/mol. The van der Waals surface area contributed by atoms with Gasteiger partial charge in [0.15, 0.2) is 0 Å². The first kappa shape index (κ1) is 11.8. The number of nitrogens with zero attached hydrogens (tertiary/aromatic N) is 1. The molecule has 0 saturated carbocycles. The van der Waals surface area contributed by atoms with Crippen LogP contribution in [0.5, 0.6) is 0 Å². The lowest BCUT2D eigenvalue weighted by Gasteiger charge is -2.18. The van der Waals surface area contributed by atoms with E-state index >= 15 is 0 Å². The molecule has 5 heteroatoms. The van der Waals surface area contributed by atoms with Crippen LogP contribution in [0.1, 0.15) is 28.0 Å². The summed E-state index contributed by atoms with van der Waals surface area (Å²) in [6, 6.07) is 6.00. The van der Waals surface area contributed by atoms with Gasteiger partial charge in [-0.15, -0.1) is 0 Å². The molecule has 19 heavy (non-hydrogen) atoms. The number of aromatic nitrogens is 2. The summed E-state index contributed by atoms with van der Waals surface area (Å²) < 4.78 is 0. The monoisotopic (exact) mass is 256 g/mol. The molecule has 0 unspecified atom stereocenters. The summed E-state index contributed by atoms with van der Waals surface area (Å²) in [6.45, 7) is 2.82. The Balaban J connectivity index is 1.80. The third-order valence-corrected chi connectivity index (χ3v) is 3.38. The molecule has 5 nitrogen and oxygen atoms in total. The molecule has 2 aromatic rings. The molecule has 2 heterocycles. The second kappa shape index (κ2) is 4.76. The maximum atomic E-state index is 12.1. The normalized spacial score (nSPS) is 13.5. The minimum atomic E-state index is -0.137. The number of nitrogens with one attached hydrogen (secondary N) is 3. The van der Waals surface area contributed by atoms with Gasteiger partial charge in [-0.25, -0.2) is 0 Å². The fourth-order valence-electron chi connectivity index (χ4n) is 2.32. The number of hydrogen-bond donors (Lipinski definition) is 3. The maximum Gasteiger partial charge on any atom is 0.259 e. The number of fused-ring (bicyclic) bond motifs is 1. The van der Waals surface area contributed by atoms with Crippen molar-refractivity contribution in [1.82, 2.24) is 10.2 Å². The van der Waals surface area contributed by atoms with E-state index in [1.807, 2.05) is 19.1 Å². The van der Waals surface area contributed by atoms with Gasteiger partial charge in [0.05, 0.1) is 11.8 Å². The van der Waals surface area contributed by atoms with Gasteiger partial charge in [0.2, 0.25) is 0 Å². The zero-order valence-corrected chi connectivity index (χ0v) is 10.8. The van der Waals surface area contributed by atoms with E-state index in [4.69, 9.17) is 0 Å². The lowest BCUT2D eigenvalue weighted by Crippen LogP contribution is -2.15. The molecule has 1 aliphatic heterocycles. The Hall–Kier alpha value is -2.30. The number of hydrogen-bond acceptors (Lipinski definition) is 3. The van der Waals surface area contributed by atoms with Crippen molar-refractivity contribution in [3.63, 3.8) is 0 Å². The van der Waals surface area contributed by atoms with E-state index in [0.29, 0.717) is 5.56 Å². The average Bonchev–Trinajstić information content (AvgIpc) is 2.85. The highest BCUT2D eigenvalue weighted by atomic mass is 16.1. The molecule has 1 aromatic heterocycles. The summed E-state index contributed by atoms with van der Waals surface area (Å²) >= 11 is 0. The van der Waals surface area contributed by atoms with Gasteiger partial charge in [-0.2, -0.15) is 5.10 Å². The Labute approximate surface area is 111 Å². The molecule has 1 amide bonds. The van der Waals surface area contributed by atoms with E-state index in [9.17, 15) is 4.79 Å². The lowest BCUT2D eigenvalue weighted by molar-refractivity contribution is 0.102. The van der Waals surface area contributed by atoms with Crippen molar-refractivity contribution in [2.75, 3.05) is 17.2 Å². The largest absolute Gasteiger partial charge is 0.385 e. The first-order valence-corrected chi connectivity index (χ1v) is 6.42. The zero-order valence-electron chi connectivity index (χ0n) is 10.8. The van der Waals surface area contributed by atoms with Crippen LogP contribution in [0.25, 0.3) is 0 Å². The Morgan fingerprint density at radius 3 is 3.11 bits per heavy atom. The molecule has 0 bridgehead atoms. The van der Waals surface area contributed by atoms with E-state index in [2.05, 4.69) is 26.9 Å². The molecule has 1 aromatic carbocycles. The van der Waals surface area contributed by atoms with Crippen LogP contribution < -0.4 is 10.6 Å². The molecule has 0 saturated heterocycles. The highest BCUT2D eigenvalue weighted by Crippen LogP contribution is 2.25. The van der Waals surface area contributed by atoms with Crippen LogP contribution in [0.15, 0.2) is 24.4 Å². The van der Waals surface area contributed by atoms with Gasteiger partial charge in [0, 0.05) is 23.6 Å². The number of anilines is 2. The van der Waals surface area contributed by atoms with E-state index in [1.165, 1.54) is 5.56 Å². The summed E-state index contributed by atoms with van der Waals surface area (Å²) in [6.07, 6.45) is 3.80. The third-order valence-electron chi connectivity index (χ3n) is 3.38. The SMILES string of the molecule is Cc1[nH]ncc1C(=O)Nc1ccc2c(c1)NCCC2. The summed E-state index contributed by atoms with van der Waals surface area (Å²) in [4.78, 5) is 12.1. The highest BCUT2D eigenvalue weighted by molar-refractivity contribution is 6.05. The van der Waals surface area contributed by atoms with Gasteiger partial charge in [-0.05, 0) is 37.5 Å². The van der Waals surface area contributed by atoms with E-state index in [1.54, 1.807) is 6.20 Å². The molecule has 0 spiro atoms. The second-order valence-electron chi connectivity index (χ2n) is 4.77. The number of carbonyl (C=O) groups is 1. The first-order valence-electron chi connectivity index (χ1n) is 6.42. The van der Waals surface area contributed by atoms with Crippen LogP contribution in [0.4, 0.5) is 11.4 Å². The van der Waals surface area contributed by atoms with Crippen LogP contribution in [0.3, 0.4) is 0 Å².